The molecule has 146 valence electrons. The SMILES string of the molecule is Cc1nn2c(C)c(C(=O)Nc3ccc(F)cc3F)cnc2c1-c1ccc(F)cc1. The van der Waals surface area contributed by atoms with E-state index in [1.807, 2.05) is 0 Å². The third-order valence-electron chi connectivity index (χ3n) is 4.62. The first kappa shape index (κ1) is 18.7. The Morgan fingerprint density at radius 3 is 2.38 bits per heavy atom. The number of benzene rings is 2. The largest absolute Gasteiger partial charge is 0.319 e. The van der Waals surface area contributed by atoms with Gasteiger partial charge >= 0.3 is 0 Å². The highest BCUT2D eigenvalue weighted by atomic mass is 19.1. The van der Waals surface area contributed by atoms with Gasteiger partial charge in [-0.25, -0.2) is 22.7 Å². The first-order valence-corrected chi connectivity index (χ1v) is 8.72. The molecule has 0 aliphatic carbocycles. The average Bonchev–Trinajstić information content (AvgIpc) is 3.02. The quantitative estimate of drug-likeness (QED) is 0.547. The molecule has 0 atom stereocenters. The molecule has 8 heteroatoms. The number of fused-ring (bicyclic) bond motifs is 1. The van der Waals surface area contributed by atoms with Crippen molar-refractivity contribution in [3.05, 3.63) is 83.1 Å². The van der Waals surface area contributed by atoms with E-state index in [0.29, 0.717) is 23.1 Å². The van der Waals surface area contributed by atoms with Crippen LogP contribution in [0.4, 0.5) is 18.9 Å². The van der Waals surface area contributed by atoms with E-state index < -0.39 is 17.5 Å². The van der Waals surface area contributed by atoms with Gasteiger partial charge in [0.05, 0.1) is 22.6 Å². The van der Waals surface area contributed by atoms with Gasteiger partial charge in [0.2, 0.25) is 0 Å². The number of carbonyl (C=O) groups excluding carboxylic acids is 1. The van der Waals surface area contributed by atoms with Crippen LogP contribution < -0.4 is 5.32 Å². The van der Waals surface area contributed by atoms with E-state index in [4.69, 9.17) is 0 Å². The maximum Gasteiger partial charge on any atom is 0.259 e. The Labute approximate surface area is 163 Å². The van der Waals surface area contributed by atoms with Gasteiger partial charge in [0.15, 0.2) is 5.65 Å². The number of rotatable bonds is 3. The molecular weight excluding hydrogens is 381 g/mol. The summed E-state index contributed by atoms with van der Waals surface area (Å²) in [4.78, 5) is 17.0. The zero-order chi connectivity index (χ0) is 20.7. The van der Waals surface area contributed by atoms with Gasteiger partial charge < -0.3 is 5.32 Å². The molecule has 29 heavy (non-hydrogen) atoms. The van der Waals surface area contributed by atoms with Crippen molar-refractivity contribution in [3.63, 3.8) is 0 Å². The molecule has 0 spiro atoms. The molecule has 2 aromatic carbocycles. The summed E-state index contributed by atoms with van der Waals surface area (Å²) in [5, 5.41) is 6.86. The number of carbonyl (C=O) groups is 1. The Morgan fingerprint density at radius 1 is 1.00 bits per heavy atom. The fourth-order valence-electron chi connectivity index (χ4n) is 3.16. The Kier molecular flexibility index (Phi) is 4.54. The van der Waals surface area contributed by atoms with E-state index in [9.17, 15) is 18.0 Å². The molecule has 0 saturated heterocycles. The lowest BCUT2D eigenvalue weighted by atomic mass is 10.1. The van der Waals surface area contributed by atoms with Crippen LogP contribution in [-0.4, -0.2) is 20.5 Å². The second kappa shape index (κ2) is 7.05. The van der Waals surface area contributed by atoms with Gasteiger partial charge in [-0.05, 0) is 43.7 Å². The van der Waals surface area contributed by atoms with E-state index in [2.05, 4.69) is 15.4 Å². The summed E-state index contributed by atoms with van der Waals surface area (Å²) in [6.45, 7) is 3.48. The number of hydrogen-bond acceptors (Lipinski definition) is 3. The summed E-state index contributed by atoms with van der Waals surface area (Å²) in [6.07, 6.45) is 1.37. The topological polar surface area (TPSA) is 59.3 Å². The minimum atomic E-state index is -0.876. The molecule has 5 nitrogen and oxygen atoms in total. The molecule has 4 rings (SSSR count). The highest BCUT2D eigenvalue weighted by Gasteiger charge is 2.19. The number of amides is 1. The summed E-state index contributed by atoms with van der Waals surface area (Å²) < 4.78 is 41.7. The molecule has 1 N–H and O–H groups in total. The highest BCUT2D eigenvalue weighted by Crippen LogP contribution is 2.28. The van der Waals surface area contributed by atoms with Crippen LogP contribution >= 0.6 is 0 Å². The van der Waals surface area contributed by atoms with Gasteiger partial charge in [0.25, 0.3) is 5.91 Å². The van der Waals surface area contributed by atoms with Crippen molar-refractivity contribution in [1.29, 1.82) is 0 Å². The monoisotopic (exact) mass is 396 g/mol. The van der Waals surface area contributed by atoms with Crippen LogP contribution in [-0.2, 0) is 0 Å². The maximum absolute atomic E-state index is 13.8. The van der Waals surface area contributed by atoms with Crippen LogP contribution in [0.25, 0.3) is 16.8 Å². The van der Waals surface area contributed by atoms with Gasteiger partial charge in [-0.3, -0.25) is 4.79 Å². The molecule has 0 saturated carbocycles. The zero-order valence-electron chi connectivity index (χ0n) is 15.5. The standard InChI is InChI=1S/C21H15F3N4O/c1-11-19(13-3-5-14(22)6-4-13)20-25-10-16(12(2)28(20)27-11)21(29)26-18-8-7-15(23)9-17(18)24/h3-10H,1-2H3,(H,26,29). The van der Waals surface area contributed by atoms with Gasteiger partial charge in [-0.2, -0.15) is 5.10 Å². The molecule has 0 unspecified atom stereocenters. The van der Waals surface area contributed by atoms with E-state index >= 15 is 0 Å². The summed E-state index contributed by atoms with van der Waals surface area (Å²) in [6, 6.07) is 8.86. The lowest BCUT2D eigenvalue weighted by Crippen LogP contribution is -2.17. The molecule has 0 aliphatic rings. The molecule has 2 heterocycles. The van der Waals surface area contributed by atoms with Crippen LogP contribution in [0.5, 0.6) is 0 Å². The predicted molar refractivity (Wildman–Crippen MR) is 102 cm³/mol. The number of nitrogens with zero attached hydrogens (tertiary/aromatic N) is 3. The Bertz CT molecular complexity index is 1250. The third-order valence-corrected chi connectivity index (χ3v) is 4.62. The summed E-state index contributed by atoms with van der Waals surface area (Å²) >= 11 is 0. The molecule has 0 fully saturated rings. The predicted octanol–water partition coefficient (Wildman–Crippen LogP) is 4.68. The molecule has 2 aromatic heterocycles. The van der Waals surface area contributed by atoms with E-state index in [1.54, 1.807) is 26.0 Å². The minimum Gasteiger partial charge on any atom is -0.319 e. The van der Waals surface area contributed by atoms with Crippen LogP contribution in [0.3, 0.4) is 0 Å². The summed E-state index contributed by atoms with van der Waals surface area (Å²) in [7, 11) is 0. The van der Waals surface area contributed by atoms with Crippen LogP contribution in [0, 0.1) is 31.3 Å². The third kappa shape index (κ3) is 3.33. The lowest BCUT2D eigenvalue weighted by molar-refractivity contribution is 0.102. The van der Waals surface area contributed by atoms with Crippen molar-refractivity contribution in [2.75, 3.05) is 5.32 Å². The number of anilines is 1. The van der Waals surface area contributed by atoms with Gasteiger partial charge in [-0.1, -0.05) is 12.1 Å². The van der Waals surface area contributed by atoms with Crippen LogP contribution in [0.2, 0.25) is 0 Å². The lowest BCUT2D eigenvalue weighted by Gasteiger charge is -2.10. The molecule has 1 amide bonds. The first-order valence-electron chi connectivity index (χ1n) is 8.72. The first-order chi connectivity index (χ1) is 13.8. The normalized spacial score (nSPS) is 11.1. The number of nitrogens with one attached hydrogen (secondary N) is 1. The molecule has 0 aliphatic heterocycles. The smallest absolute Gasteiger partial charge is 0.259 e. The van der Waals surface area contributed by atoms with Crippen LogP contribution in [0.1, 0.15) is 21.7 Å². The van der Waals surface area contributed by atoms with E-state index in [0.717, 1.165) is 23.3 Å². The van der Waals surface area contributed by atoms with Gasteiger partial charge in [0, 0.05) is 17.8 Å². The Balaban J connectivity index is 1.75. The van der Waals surface area contributed by atoms with Crippen molar-refractivity contribution in [1.82, 2.24) is 14.6 Å². The van der Waals surface area contributed by atoms with Gasteiger partial charge in [-0.15, -0.1) is 0 Å². The van der Waals surface area contributed by atoms with Crippen molar-refractivity contribution in [3.8, 4) is 11.1 Å². The summed E-state index contributed by atoms with van der Waals surface area (Å²) in [5.41, 5.74) is 3.19. The fraction of sp³-hybridized carbons (Fsp3) is 0.0952. The van der Waals surface area contributed by atoms with Crippen molar-refractivity contribution in [2.24, 2.45) is 0 Å². The highest BCUT2D eigenvalue weighted by molar-refractivity contribution is 6.05. The Morgan fingerprint density at radius 2 is 1.69 bits per heavy atom. The minimum absolute atomic E-state index is 0.139. The second-order valence-corrected chi connectivity index (χ2v) is 6.54. The number of aryl methyl sites for hydroxylation is 2. The van der Waals surface area contributed by atoms with E-state index in [-0.39, 0.29) is 17.1 Å². The van der Waals surface area contributed by atoms with Crippen LogP contribution in [0.15, 0.2) is 48.7 Å². The van der Waals surface area contributed by atoms with Crippen molar-refractivity contribution < 1.29 is 18.0 Å². The molecule has 0 bridgehead atoms. The average molecular weight is 396 g/mol. The van der Waals surface area contributed by atoms with Crippen molar-refractivity contribution in [2.45, 2.75) is 13.8 Å². The second-order valence-electron chi connectivity index (χ2n) is 6.54. The van der Waals surface area contributed by atoms with E-state index in [1.165, 1.54) is 22.8 Å². The number of halogens is 3. The number of hydrogen-bond donors (Lipinski definition) is 1. The number of aromatic nitrogens is 3. The zero-order valence-corrected chi connectivity index (χ0v) is 15.5. The fourth-order valence-corrected chi connectivity index (χ4v) is 3.16. The summed E-state index contributed by atoms with van der Waals surface area (Å²) in [5.74, 6) is -2.56. The molecule has 0 radical (unpaired) electrons. The van der Waals surface area contributed by atoms with Gasteiger partial charge in [0.1, 0.15) is 17.5 Å². The van der Waals surface area contributed by atoms with Crippen molar-refractivity contribution >= 4 is 17.2 Å². The Hall–Kier alpha value is -3.68. The molecular formula is C21H15F3N4O. The molecule has 4 aromatic rings. The maximum atomic E-state index is 13.8.